The van der Waals surface area contributed by atoms with Crippen LogP contribution in [0.5, 0.6) is 0 Å². The van der Waals surface area contributed by atoms with Crippen LogP contribution in [0.15, 0.2) is 109 Å². The van der Waals surface area contributed by atoms with E-state index in [9.17, 15) is 10.5 Å². The van der Waals surface area contributed by atoms with Gasteiger partial charge in [-0.15, -0.1) is 0 Å². The summed E-state index contributed by atoms with van der Waals surface area (Å²) in [6.07, 6.45) is 0. The van der Waals surface area contributed by atoms with Gasteiger partial charge in [-0.05, 0) is 109 Å². The third-order valence-electron chi connectivity index (χ3n) is 13.0. The van der Waals surface area contributed by atoms with Crippen LogP contribution in [-0.2, 0) is 0 Å². The standard InChI is InChI=1S/C58H42N16/c1-29-61-30(2)66-55(65-29)39-12-16-44-45-17-13-40(56-67-31(3)62-32(4)68-56)22-50(45)73(49(44)21-39)53-25-43(28-60)48(38-11-9-10-37(20-38)27-59)26-54(53)74-51-23-41(57-69-33(5)63-34(6)70-57)14-18-46(51)47-19-15-42(24-52(47)74)58-71-35(7)64-36(8)72-58/h9-26H,1-8H3. The Morgan fingerprint density at radius 3 is 0.959 bits per heavy atom. The molecule has 0 radical (unpaired) electrons. The number of benzene rings is 6. The van der Waals surface area contributed by atoms with Gasteiger partial charge in [-0.3, -0.25) is 0 Å². The zero-order valence-corrected chi connectivity index (χ0v) is 41.5. The molecule has 0 fully saturated rings. The number of hydrogen-bond acceptors (Lipinski definition) is 14. The minimum Gasteiger partial charge on any atom is -0.307 e. The topological polar surface area (TPSA) is 212 Å². The number of rotatable bonds is 7. The van der Waals surface area contributed by atoms with E-state index in [2.05, 4.69) is 95.8 Å². The number of hydrogen-bond donors (Lipinski definition) is 0. The van der Waals surface area contributed by atoms with E-state index < -0.39 is 0 Å². The van der Waals surface area contributed by atoms with Crippen LogP contribution in [0.25, 0.3) is 112 Å². The molecule has 0 aliphatic rings. The first-order valence-corrected chi connectivity index (χ1v) is 23.8. The van der Waals surface area contributed by atoms with Gasteiger partial charge in [-0.2, -0.15) is 10.5 Å². The largest absolute Gasteiger partial charge is 0.307 e. The van der Waals surface area contributed by atoms with Gasteiger partial charge in [0.2, 0.25) is 0 Å². The molecule has 354 valence electrons. The van der Waals surface area contributed by atoms with E-state index in [1.54, 1.807) is 6.07 Å². The highest BCUT2D eigenvalue weighted by Crippen LogP contribution is 2.43. The first kappa shape index (κ1) is 45.1. The SMILES string of the molecule is Cc1nc(C)nc(-c2ccc3c4ccc(-c5nc(C)nc(C)n5)cc4n(-c4cc(C#N)c(-c5cccc(C#N)c5)cc4-n4c5cc(-c6nc(C)nc(C)n6)ccc5c5ccc(-c6nc(C)nc(C)n6)cc54)c3c2)n1. The second kappa shape index (κ2) is 17.4. The minimum absolute atomic E-state index is 0.392. The second-order valence-corrected chi connectivity index (χ2v) is 18.3. The number of aromatic nitrogens is 14. The van der Waals surface area contributed by atoms with Crippen LogP contribution in [0.4, 0.5) is 0 Å². The monoisotopic (exact) mass is 962 g/mol. The summed E-state index contributed by atoms with van der Waals surface area (Å²) in [5.41, 5.74) is 10.0. The lowest BCUT2D eigenvalue weighted by molar-refractivity contribution is 0.928. The summed E-state index contributed by atoms with van der Waals surface area (Å²) in [7, 11) is 0. The highest BCUT2D eigenvalue weighted by atomic mass is 15.1. The van der Waals surface area contributed by atoms with Crippen molar-refractivity contribution in [3.05, 3.63) is 167 Å². The zero-order chi connectivity index (χ0) is 51.1. The summed E-state index contributed by atoms with van der Waals surface area (Å²) in [4.78, 5) is 56.3. The molecule has 0 atom stereocenters. The molecule has 6 aromatic carbocycles. The molecule has 12 rings (SSSR count). The molecule has 0 N–H and O–H groups in total. The summed E-state index contributed by atoms with van der Waals surface area (Å²) >= 11 is 0. The molecule has 0 aliphatic heterocycles. The van der Waals surface area contributed by atoms with Crippen molar-refractivity contribution in [3.63, 3.8) is 0 Å². The molecule has 0 bridgehead atoms. The zero-order valence-electron chi connectivity index (χ0n) is 41.5. The van der Waals surface area contributed by atoms with Crippen molar-refractivity contribution in [3.8, 4) is 80.2 Å². The highest BCUT2D eigenvalue weighted by Gasteiger charge is 2.25. The molecule has 6 aromatic heterocycles. The van der Waals surface area contributed by atoms with E-state index in [4.69, 9.17) is 39.9 Å². The number of nitriles is 2. The Kier molecular flexibility index (Phi) is 10.6. The Morgan fingerprint density at radius 2 is 0.649 bits per heavy atom. The van der Waals surface area contributed by atoms with Gasteiger partial charge in [0.25, 0.3) is 0 Å². The van der Waals surface area contributed by atoms with Crippen LogP contribution in [0.3, 0.4) is 0 Å². The molecule has 16 heteroatoms. The Morgan fingerprint density at radius 1 is 0.324 bits per heavy atom. The van der Waals surface area contributed by atoms with Crippen molar-refractivity contribution in [2.24, 2.45) is 0 Å². The molecule has 0 aliphatic carbocycles. The van der Waals surface area contributed by atoms with E-state index >= 15 is 0 Å². The lowest BCUT2D eigenvalue weighted by atomic mass is 9.96. The van der Waals surface area contributed by atoms with Crippen molar-refractivity contribution in [1.82, 2.24) is 68.9 Å². The van der Waals surface area contributed by atoms with Crippen LogP contribution in [-0.4, -0.2) is 68.9 Å². The van der Waals surface area contributed by atoms with Crippen LogP contribution in [0.2, 0.25) is 0 Å². The molecular formula is C58H42N16. The average Bonchev–Trinajstić information content (AvgIpc) is 3.88. The molecular weight excluding hydrogens is 921 g/mol. The molecule has 12 aromatic rings. The van der Waals surface area contributed by atoms with Crippen molar-refractivity contribution in [2.45, 2.75) is 55.4 Å². The van der Waals surface area contributed by atoms with E-state index in [1.165, 1.54) is 0 Å². The molecule has 6 heterocycles. The van der Waals surface area contributed by atoms with Gasteiger partial charge < -0.3 is 9.13 Å². The van der Waals surface area contributed by atoms with Gasteiger partial charge in [-0.25, -0.2) is 59.8 Å². The van der Waals surface area contributed by atoms with Gasteiger partial charge in [0.05, 0.1) is 56.7 Å². The minimum atomic E-state index is 0.392. The highest BCUT2D eigenvalue weighted by molar-refractivity contribution is 6.13. The quantitative estimate of drug-likeness (QED) is 0.145. The molecule has 0 spiro atoms. The fraction of sp³-hybridized carbons (Fsp3) is 0.138. The van der Waals surface area contributed by atoms with E-state index in [1.807, 2.05) is 104 Å². The van der Waals surface area contributed by atoms with E-state index in [-0.39, 0.29) is 0 Å². The lowest BCUT2D eigenvalue weighted by Crippen LogP contribution is -2.06. The average molecular weight is 963 g/mol. The molecule has 0 unspecified atom stereocenters. The predicted molar refractivity (Wildman–Crippen MR) is 283 cm³/mol. The van der Waals surface area contributed by atoms with Crippen LogP contribution in [0.1, 0.15) is 57.7 Å². The maximum absolute atomic E-state index is 11.3. The second-order valence-electron chi connectivity index (χ2n) is 18.3. The summed E-state index contributed by atoms with van der Waals surface area (Å²) in [5.74, 6) is 6.98. The number of aryl methyl sites for hydroxylation is 8. The summed E-state index contributed by atoms with van der Waals surface area (Å²) < 4.78 is 4.43. The van der Waals surface area contributed by atoms with Gasteiger partial charge in [0, 0.05) is 49.4 Å². The molecule has 74 heavy (non-hydrogen) atoms. The van der Waals surface area contributed by atoms with Gasteiger partial charge >= 0.3 is 0 Å². The van der Waals surface area contributed by atoms with Crippen LogP contribution >= 0.6 is 0 Å². The number of nitrogens with zero attached hydrogens (tertiary/aromatic N) is 16. The molecule has 0 amide bonds. The Hall–Kier alpha value is -10.1. The smallest absolute Gasteiger partial charge is 0.163 e. The predicted octanol–water partition coefficient (Wildman–Crippen LogP) is 11.2. The Labute approximate surface area is 423 Å². The number of fused-ring (bicyclic) bond motifs is 6. The van der Waals surface area contributed by atoms with Crippen molar-refractivity contribution < 1.29 is 0 Å². The van der Waals surface area contributed by atoms with Gasteiger partial charge in [0.15, 0.2) is 23.3 Å². The first-order chi connectivity index (χ1) is 35.8. The Bertz CT molecular complexity index is 4160. The maximum atomic E-state index is 11.3. The van der Waals surface area contributed by atoms with E-state index in [0.717, 1.165) is 71.6 Å². The third-order valence-corrected chi connectivity index (χ3v) is 13.0. The van der Waals surface area contributed by atoms with E-state index in [0.29, 0.717) is 97.8 Å². The summed E-state index contributed by atoms with van der Waals surface area (Å²) in [6, 6.07) is 41.1. The first-order valence-electron chi connectivity index (χ1n) is 23.8. The van der Waals surface area contributed by atoms with Crippen molar-refractivity contribution in [2.75, 3.05) is 0 Å². The fourth-order valence-electron chi connectivity index (χ4n) is 10.1. The van der Waals surface area contributed by atoms with Crippen molar-refractivity contribution in [1.29, 1.82) is 10.5 Å². The molecule has 16 nitrogen and oxygen atoms in total. The molecule has 0 saturated carbocycles. The lowest BCUT2D eigenvalue weighted by Gasteiger charge is -2.20. The van der Waals surface area contributed by atoms with Crippen LogP contribution in [0, 0.1) is 78.1 Å². The maximum Gasteiger partial charge on any atom is 0.163 e. The summed E-state index contributed by atoms with van der Waals surface area (Å²) in [6.45, 7) is 14.9. The fourth-order valence-corrected chi connectivity index (χ4v) is 10.1. The van der Waals surface area contributed by atoms with Gasteiger partial charge in [0.1, 0.15) is 46.6 Å². The third kappa shape index (κ3) is 7.78. The van der Waals surface area contributed by atoms with Gasteiger partial charge in [-0.1, -0.05) is 60.7 Å². The Balaban J connectivity index is 1.27. The van der Waals surface area contributed by atoms with Crippen LogP contribution < -0.4 is 0 Å². The molecule has 0 saturated heterocycles. The van der Waals surface area contributed by atoms with Crippen molar-refractivity contribution >= 4 is 43.6 Å². The normalized spacial score (nSPS) is 11.5. The summed E-state index contributed by atoms with van der Waals surface area (Å²) in [5, 5.41) is 25.3.